The minimum absolute atomic E-state index is 0.531. The zero-order valence-corrected chi connectivity index (χ0v) is 8.78. The van der Waals surface area contributed by atoms with E-state index in [-0.39, 0.29) is 0 Å². The monoisotopic (exact) mass is 194 g/mol. The largest absolute Gasteiger partial charge is 0.490 e. The predicted molar refractivity (Wildman–Crippen MR) is 59.4 cm³/mol. The third-order valence-corrected chi connectivity index (χ3v) is 2.53. The number of aliphatic imine (C=N–C) groups is 1. The van der Waals surface area contributed by atoms with Crippen molar-refractivity contribution in [2.45, 2.75) is 18.9 Å². The lowest BCUT2D eigenvalue weighted by molar-refractivity contribution is 0.146. The molecule has 0 N–H and O–H groups in total. The highest BCUT2D eigenvalue weighted by Gasteiger charge is 2.21. The van der Waals surface area contributed by atoms with Gasteiger partial charge in [0.15, 0.2) is 0 Å². The van der Waals surface area contributed by atoms with E-state index in [1.165, 1.54) is 19.4 Å². The molecular weight excluding hydrogens is 176 g/mol. The number of likely N-dealkylation sites (N-methyl/N-ethyl adjacent to an activating group) is 1. The van der Waals surface area contributed by atoms with E-state index in [0.29, 0.717) is 18.4 Å². The van der Waals surface area contributed by atoms with Crippen molar-refractivity contribution >= 4 is 6.72 Å². The van der Waals surface area contributed by atoms with E-state index < -0.39 is 0 Å². The van der Waals surface area contributed by atoms with Crippen molar-refractivity contribution < 1.29 is 4.74 Å². The third-order valence-electron chi connectivity index (χ3n) is 2.53. The van der Waals surface area contributed by atoms with Gasteiger partial charge in [0.25, 0.3) is 0 Å². The molecule has 1 saturated heterocycles. The smallest absolute Gasteiger partial charge is 0.136 e. The zero-order chi connectivity index (χ0) is 10.4. The van der Waals surface area contributed by atoms with Crippen molar-refractivity contribution in [1.29, 1.82) is 0 Å². The molecule has 0 spiro atoms. The van der Waals surface area contributed by atoms with Crippen LogP contribution in [0.2, 0.25) is 0 Å². The maximum Gasteiger partial charge on any atom is 0.136 e. The molecule has 0 aromatic heterocycles. The minimum Gasteiger partial charge on any atom is -0.490 e. The molecule has 3 nitrogen and oxygen atoms in total. The van der Waals surface area contributed by atoms with Crippen molar-refractivity contribution in [2.24, 2.45) is 4.99 Å². The highest BCUT2D eigenvalue weighted by Crippen LogP contribution is 2.16. The number of likely N-dealkylation sites (tertiary alicyclic amines) is 1. The van der Waals surface area contributed by atoms with Crippen LogP contribution in [0.3, 0.4) is 0 Å². The third kappa shape index (κ3) is 3.00. The van der Waals surface area contributed by atoms with Crippen LogP contribution in [0.15, 0.2) is 29.6 Å². The van der Waals surface area contributed by atoms with Crippen LogP contribution >= 0.6 is 0 Å². The molecule has 1 aliphatic heterocycles. The fourth-order valence-corrected chi connectivity index (χ4v) is 1.62. The van der Waals surface area contributed by atoms with E-state index in [1.807, 2.05) is 0 Å². The molecule has 1 aliphatic rings. The van der Waals surface area contributed by atoms with Crippen molar-refractivity contribution in [2.75, 3.05) is 20.2 Å². The molecule has 0 radical (unpaired) electrons. The van der Waals surface area contributed by atoms with Crippen LogP contribution in [-0.2, 0) is 4.74 Å². The molecule has 14 heavy (non-hydrogen) atoms. The molecule has 1 unspecified atom stereocenters. The van der Waals surface area contributed by atoms with Crippen LogP contribution in [0, 0.1) is 0 Å². The van der Waals surface area contributed by atoms with Crippen LogP contribution in [0.4, 0.5) is 0 Å². The molecule has 1 heterocycles. The van der Waals surface area contributed by atoms with E-state index in [9.17, 15) is 0 Å². The van der Waals surface area contributed by atoms with Gasteiger partial charge in [-0.25, -0.2) is 0 Å². The Morgan fingerprint density at radius 1 is 1.71 bits per heavy atom. The molecule has 0 aromatic rings. The van der Waals surface area contributed by atoms with Gasteiger partial charge < -0.3 is 9.64 Å². The Kier molecular flexibility index (Phi) is 4.40. The van der Waals surface area contributed by atoms with Crippen molar-refractivity contribution in [3.8, 4) is 0 Å². The highest BCUT2D eigenvalue weighted by atomic mass is 16.5. The van der Waals surface area contributed by atoms with Gasteiger partial charge in [-0.05, 0) is 39.2 Å². The van der Waals surface area contributed by atoms with Crippen molar-refractivity contribution in [1.82, 2.24) is 4.90 Å². The summed E-state index contributed by atoms with van der Waals surface area (Å²) in [5.74, 6) is 0.695. The highest BCUT2D eigenvalue weighted by molar-refractivity contribution is 5.27. The lowest BCUT2D eigenvalue weighted by atomic mass is 10.2. The molecule has 3 heteroatoms. The molecule has 78 valence electrons. The van der Waals surface area contributed by atoms with Gasteiger partial charge in [-0.2, -0.15) is 0 Å². The maximum absolute atomic E-state index is 5.55. The first kappa shape index (κ1) is 11.0. The maximum atomic E-state index is 5.55. The second-order valence-electron chi connectivity index (χ2n) is 3.51. The Bertz CT molecular complexity index is 235. The number of nitrogens with zero attached hydrogens (tertiary/aromatic N) is 2. The van der Waals surface area contributed by atoms with Gasteiger partial charge >= 0.3 is 0 Å². The summed E-state index contributed by atoms with van der Waals surface area (Å²) in [5.41, 5.74) is 0. The summed E-state index contributed by atoms with van der Waals surface area (Å²) < 4.78 is 5.55. The van der Waals surface area contributed by atoms with Gasteiger partial charge in [-0.15, -0.1) is 0 Å². The summed E-state index contributed by atoms with van der Waals surface area (Å²) in [4.78, 5) is 5.97. The Hall–Kier alpha value is -1.09. The van der Waals surface area contributed by atoms with Crippen molar-refractivity contribution in [3.63, 3.8) is 0 Å². The van der Waals surface area contributed by atoms with E-state index in [4.69, 9.17) is 4.74 Å². The van der Waals surface area contributed by atoms with Crippen LogP contribution in [0.5, 0.6) is 0 Å². The van der Waals surface area contributed by atoms with Gasteiger partial charge in [0, 0.05) is 6.04 Å². The lowest BCUT2D eigenvalue weighted by Crippen LogP contribution is -2.29. The van der Waals surface area contributed by atoms with Crippen LogP contribution in [0.1, 0.15) is 12.8 Å². The average molecular weight is 194 g/mol. The number of hydrogen-bond donors (Lipinski definition) is 0. The molecule has 1 atom stereocenters. The normalized spacial score (nSPS) is 23.5. The first-order valence-corrected chi connectivity index (χ1v) is 4.89. The van der Waals surface area contributed by atoms with E-state index in [1.54, 1.807) is 12.3 Å². The number of hydrogen-bond acceptors (Lipinski definition) is 3. The SMILES string of the molecule is C=C/C(=C\N=C)OCC1CCCN1C. The quantitative estimate of drug-likeness (QED) is 0.379. The van der Waals surface area contributed by atoms with Crippen LogP contribution in [0.25, 0.3) is 0 Å². The summed E-state index contributed by atoms with van der Waals surface area (Å²) in [7, 11) is 2.13. The number of allylic oxidation sites excluding steroid dienone is 1. The Labute approximate surface area is 85.8 Å². The summed E-state index contributed by atoms with van der Waals surface area (Å²) >= 11 is 0. The fourth-order valence-electron chi connectivity index (χ4n) is 1.62. The predicted octanol–water partition coefficient (Wildman–Crippen LogP) is 1.83. The molecule has 0 amide bonds. The summed E-state index contributed by atoms with van der Waals surface area (Å²) in [6.07, 6.45) is 5.71. The Morgan fingerprint density at radius 2 is 2.50 bits per heavy atom. The molecular formula is C11H18N2O. The second kappa shape index (κ2) is 5.60. The summed E-state index contributed by atoms with van der Waals surface area (Å²) in [6.45, 7) is 8.91. The summed E-state index contributed by atoms with van der Waals surface area (Å²) in [6, 6.07) is 0.531. The summed E-state index contributed by atoms with van der Waals surface area (Å²) in [5, 5.41) is 0. The van der Waals surface area contributed by atoms with Crippen LogP contribution in [-0.4, -0.2) is 37.9 Å². The van der Waals surface area contributed by atoms with Crippen LogP contribution < -0.4 is 0 Å². The lowest BCUT2D eigenvalue weighted by Gasteiger charge is -2.19. The van der Waals surface area contributed by atoms with E-state index in [0.717, 1.165) is 0 Å². The van der Waals surface area contributed by atoms with Gasteiger partial charge in [0.2, 0.25) is 0 Å². The topological polar surface area (TPSA) is 24.8 Å². The standard InChI is InChI=1S/C11H18N2O/c1-4-11(8-12-2)14-9-10-6-5-7-13(10)3/h4,8,10H,1-2,5-7,9H2,3H3/b11-8+. The van der Waals surface area contributed by atoms with Gasteiger partial charge in [-0.3, -0.25) is 4.99 Å². The van der Waals surface area contributed by atoms with Gasteiger partial charge in [-0.1, -0.05) is 6.58 Å². The van der Waals surface area contributed by atoms with E-state index >= 15 is 0 Å². The van der Waals surface area contributed by atoms with Gasteiger partial charge in [0.1, 0.15) is 12.4 Å². The molecule has 1 fully saturated rings. The molecule has 0 bridgehead atoms. The first-order valence-electron chi connectivity index (χ1n) is 4.89. The molecule has 0 aromatic carbocycles. The van der Waals surface area contributed by atoms with E-state index in [2.05, 4.69) is 30.2 Å². The second-order valence-corrected chi connectivity index (χ2v) is 3.51. The molecule has 0 saturated carbocycles. The minimum atomic E-state index is 0.531. The first-order chi connectivity index (χ1) is 6.77. The van der Waals surface area contributed by atoms with Crippen molar-refractivity contribution in [3.05, 3.63) is 24.6 Å². The number of ether oxygens (including phenoxy) is 1. The Morgan fingerprint density at radius 3 is 3.00 bits per heavy atom. The zero-order valence-electron chi connectivity index (χ0n) is 8.78. The molecule has 0 aliphatic carbocycles. The van der Waals surface area contributed by atoms with Gasteiger partial charge in [0.05, 0.1) is 6.20 Å². The molecule has 1 rings (SSSR count). The Balaban J connectivity index is 2.34. The number of rotatable bonds is 5. The fraction of sp³-hybridized carbons (Fsp3) is 0.545. The average Bonchev–Trinajstić information content (AvgIpc) is 2.59.